The van der Waals surface area contributed by atoms with E-state index in [1.807, 2.05) is 0 Å². The number of cyclic esters (lactones) is 1. The number of alkyl halides is 1. The quantitative estimate of drug-likeness (QED) is 0.450. The third kappa shape index (κ3) is 3.70. The van der Waals surface area contributed by atoms with Crippen molar-refractivity contribution in [2.24, 2.45) is 0 Å². The van der Waals surface area contributed by atoms with Crippen LogP contribution >= 0.6 is 11.6 Å². The molecule has 0 N–H and O–H groups in total. The van der Waals surface area contributed by atoms with E-state index in [1.165, 1.54) is 0 Å². The van der Waals surface area contributed by atoms with Crippen LogP contribution in [0.1, 0.15) is 33.6 Å². The third-order valence-electron chi connectivity index (χ3n) is 3.73. The van der Waals surface area contributed by atoms with Crippen LogP contribution in [0.4, 0.5) is 0 Å². The topological polar surface area (TPSA) is 35.5 Å². The summed E-state index contributed by atoms with van der Waals surface area (Å²) in [7, 11) is -1.85. The molecule has 1 aliphatic rings. The highest BCUT2D eigenvalue weighted by molar-refractivity contribution is 6.74. The summed E-state index contributed by atoms with van der Waals surface area (Å²) in [6.07, 6.45) is 0.891. The van der Waals surface area contributed by atoms with Crippen LogP contribution in [0.25, 0.3) is 0 Å². The Morgan fingerprint density at radius 2 is 2.12 bits per heavy atom. The average molecular weight is 279 g/mol. The van der Waals surface area contributed by atoms with Gasteiger partial charge in [-0.05, 0) is 24.6 Å². The van der Waals surface area contributed by atoms with Gasteiger partial charge in [-0.25, -0.2) is 0 Å². The monoisotopic (exact) mass is 278 g/mol. The molecule has 3 nitrogen and oxygen atoms in total. The van der Waals surface area contributed by atoms with Gasteiger partial charge in [-0.15, -0.1) is 11.6 Å². The fourth-order valence-corrected chi connectivity index (χ4v) is 3.28. The Kier molecular flexibility index (Phi) is 4.66. The number of carbonyl (C=O) groups excluding carboxylic acids is 1. The Balaban J connectivity index is 2.67. The van der Waals surface area contributed by atoms with Crippen molar-refractivity contribution in [3.63, 3.8) is 0 Å². The van der Waals surface area contributed by atoms with Crippen molar-refractivity contribution in [1.29, 1.82) is 0 Å². The van der Waals surface area contributed by atoms with Crippen molar-refractivity contribution in [3.8, 4) is 0 Å². The Morgan fingerprint density at radius 3 is 2.47 bits per heavy atom. The molecule has 0 amide bonds. The fourth-order valence-electron chi connectivity index (χ4n) is 1.57. The molecule has 2 atom stereocenters. The lowest BCUT2D eigenvalue weighted by molar-refractivity contribution is -0.144. The van der Waals surface area contributed by atoms with Gasteiger partial charge < -0.3 is 9.16 Å². The van der Waals surface area contributed by atoms with Gasteiger partial charge in [0.05, 0.1) is 12.0 Å². The van der Waals surface area contributed by atoms with Gasteiger partial charge in [-0.3, -0.25) is 4.79 Å². The molecule has 1 saturated heterocycles. The maximum Gasteiger partial charge on any atom is 0.306 e. The minimum Gasteiger partial charge on any atom is -0.460 e. The number of ether oxygens (including phenoxy) is 1. The number of esters is 1. The van der Waals surface area contributed by atoms with Gasteiger partial charge in [-0.2, -0.15) is 0 Å². The van der Waals surface area contributed by atoms with Crippen molar-refractivity contribution < 1.29 is 14.0 Å². The van der Waals surface area contributed by atoms with Crippen LogP contribution in [0, 0.1) is 0 Å². The van der Waals surface area contributed by atoms with Crippen LogP contribution in [0.5, 0.6) is 0 Å². The van der Waals surface area contributed by atoms with E-state index in [-0.39, 0.29) is 23.2 Å². The SMILES string of the molecule is CC(C)(C)[Si](C)(C)OC(CCl)C1CCC(=O)O1. The second-order valence-corrected chi connectivity index (χ2v) is 11.2. The van der Waals surface area contributed by atoms with Crippen LogP contribution in [0.15, 0.2) is 0 Å². The average Bonchev–Trinajstić information content (AvgIpc) is 2.59. The first-order chi connectivity index (χ1) is 7.67. The summed E-state index contributed by atoms with van der Waals surface area (Å²) in [5, 5.41) is 0.139. The van der Waals surface area contributed by atoms with E-state index in [2.05, 4.69) is 33.9 Å². The molecule has 0 saturated carbocycles. The van der Waals surface area contributed by atoms with Gasteiger partial charge in [0, 0.05) is 6.42 Å². The summed E-state index contributed by atoms with van der Waals surface area (Å²) in [4.78, 5) is 11.1. The molecule has 100 valence electrons. The number of hydrogen-bond acceptors (Lipinski definition) is 3. The number of carbonyl (C=O) groups is 1. The minimum atomic E-state index is -1.85. The van der Waals surface area contributed by atoms with Crippen LogP contribution < -0.4 is 0 Å². The van der Waals surface area contributed by atoms with Crippen molar-refractivity contribution in [2.75, 3.05) is 5.88 Å². The molecule has 1 fully saturated rings. The summed E-state index contributed by atoms with van der Waals surface area (Å²) < 4.78 is 11.5. The maximum absolute atomic E-state index is 11.1. The first-order valence-corrected chi connectivity index (χ1v) is 9.55. The van der Waals surface area contributed by atoms with Gasteiger partial charge in [0.2, 0.25) is 0 Å². The van der Waals surface area contributed by atoms with Crippen LogP contribution in [-0.4, -0.2) is 32.4 Å². The van der Waals surface area contributed by atoms with E-state index in [1.54, 1.807) is 0 Å². The summed E-state index contributed by atoms with van der Waals surface area (Å²) >= 11 is 5.96. The molecular formula is C12H23ClO3Si. The Morgan fingerprint density at radius 1 is 1.53 bits per heavy atom. The normalized spacial score (nSPS) is 23.6. The Bertz CT molecular complexity index is 286. The lowest BCUT2D eigenvalue weighted by atomic mass is 10.1. The van der Waals surface area contributed by atoms with Gasteiger partial charge in [0.1, 0.15) is 6.10 Å². The highest BCUT2D eigenvalue weighted by atomic mass is 35.5. The third-order valence-corrected chi connectivity index (χ3v) is 8.54. The fraction of sp³-hybridized carbons (Fsp3) is 0.917. The molecule has 0 aliphatic carbocycles. The van der Waals surface area contributed by atoms with Crippen LogP contribution in [-0.2, 0) is 14.0 Å². The lowest BCUT2D eigenvalue weighted by Gasteiger charge is -2.39. The lowest BCUT2D eigenvalue weighted by Crippen LogP contribution is -2.47. The summed E-state index contributed by atoms with van der Waals surface area (Å²) in [6, 6.07) is 0. The molecule has 0 bridgehead atoms. The van der Waals surface area contributed by atoms with E-state index in [4.69, 9.17) is 20.8 Å². The first kappa shape index (κ1) is 15.0. The first-order valence-electron chi connectivity index (χ1n) is 6.10. The summed E-state index contributed by atoms with van der Waals surface area (Å²) in [5.74, 6) is 0.244. The maximum atomic E-state index is 11.1. The predicted octanol–water partition coefficient (Wildman–Crippen LogP) is 3.32. The Labute approximate surface area is 110 Å². The second-order valence-electron chi connectivity index (χ2n) is 6.14. The van der Waals surface area contributed by atoms with E-state index >= 15 is 0 Å². The van der Waals surface area contributed by atoms with Crippen molar-refractivity contribution in [2.45, 2.75) is 64.0 Å². The molecule has 2 unspecified atom stereocenters. The van der Waals surface area contributed by atoms with Gasteiger partial charge in [-0.1, -0.05) is 20.8 Å². The summed E-state index contributed by atoms with van der Waals surface area (Å²) in [6.45, 7) is 10.9. The van der Waals surface area contributed by atoms with Gasteiger partial charge in [0.15, 0.2) is 8.32 Å². The molecule has 0 aromatic carbocycles. The zero-order valence-corrected chi connectivity index (χ0v) is 13.1. The summed E-state index contributed by atoms with van der Waals surface area (Å²) in [5.41, 5.74) is 0. The smallest absolute Gasteiger partial charge is 0.306 e. The zero-order chi connectivity index (χ0) is 13.3. The minimum absolute atomic E-state index is 0.135. The van der Waals surface area contributed by atoms with E-state index in [0.29, 0.717) is 12.3 Å². The van der Waals surface area contributed by atoms with Crippen molar-refractivity contribution >= 4 is 25.9 Å². The predicted molar refractivity (Wildman–Crippen MR) is 71.9 cm³/mol. The van der Waals surface area contributed by atoms with Crippen molar-refractivity contribution in [3.05, 3.63) is 0 Å². The second kappa shape index (κ2) is 5.29. The zero-order valence-electron chi connectivity index (χ0n) is 11.4. The molecular weight excluding hydrogens is 256 g/mol. The van der Waals surface area contributed by atoms with E-state index < -0.39 is 8.32 Å². The van der Waals surface area contributed by atoms with Gasteiger partial charge in [0.25, 0.3) is 0 Å². The van der Waals surface area contributed by atoms with E-state index in [9.17, 15) is 4.79 Å². The molecule has 0 aromatic rings. The number of hydrogen-bond donors (Lipinski definition) is 0. The molecule has 0 spiro atoms. The highest BCUT2D eigenvalue weighted by Crippen LogP contribution is 2.38. The van der Waals surface area contributed by atoms with Gasteiger partial charge >= 0.3 is 5.97 Å². The molecule has 0 aromatic heterocycles. The van der Waals surface area contributed by atoms with Crippen molar-refractivity contribution in [1.82, 2.24) is 0 Å². The molecule has 1 rings (SSSR count). The molecule has 5 heteroatoms. The Hall–Kier alpha value is -0.0631. The largest absolute Gasteiger partial charge is 0.460 e. The molecule has 0 radical (unpaired) electrons. The molecule has 1 heterocycles. The van der Waals surface area contributed by atoms with Crippen LogP contribution in [0.2, 0.25) is 18.1 Å². The molecule has 1 aliphatic heterocycles. The standard InChI is InChI=1S/C12H23ClO3Si/c1-12(2,3)17(4,5)16-10(8-13)9-6-7-11(14)15-9/h9-10H,6-8H2,1-5H3. The number of halogens is 1. The number of rotatable bonds is 4. The van der Waals surface area contributed by atoms with E-state index in [0.717, 1.165) is 6.42 Å². The highest BCUT2D eigenvalue weighted by Gasteiger charge is 2.42. The molecule has 17 heavy (non-hydrogen) atoms. The van der Waals surface area contributed by atoms with Crippen LogP contribution in [0.3, 0.4) is 0 Å².